The lowest BCUT2D eigenvalue weighted by Gasteiger charge is -2.12. The Morgan fingerprint density at radius 2 is 1.71 bits per heavy atom. The van der Waals surface area contributed by atoms with Gasteiger partial charge >= 0.3 is 0 Å². The lowest BCUT2D eigenvalue weighted by molar-refractivity contribution is 0.0996. The van der Waals surface area contributed by atoms with Crippen LogP contribution in [0.2, 0.25) is 0 Å². The molecule has 1 aromatic heterocycles. The predicted molar refractivity (Wildman–Crippen MR) is 122 cm³/mol. The molecule has 8 heteroatoms. The van der Waals surface area contributed by atoms with Crippen LogP contribution in [0.3, 0.4) is 0 Å². The number of ether oxygens (including phenoxy) is 4. The van der Waals surface area contributed by atoms with Crippen molar-refractivity contribution in [2.75, 3.05) is 34.5 Å². The van der Waals surface area contributed by atoms with Crippen LogP contribution in [0.25, 0.3) is 10.2 Å². The summed E-state index contributed by atoms with van der Waals surface area (Å²) in [5, 5.41) is 0. The number of benzene rings is 2. The standard InChI is InChI=1S/C23H28N2O5S/c1-7-30-9-8-25-20-15(3)10-14(2)11-19(20)31-23(25)24-22(26)16-12-17(27-4)21(29-6)18(13-16)28-5/h10-13H,7-9H2,1-6H3. The molecular weight excluding hydrogens is 416 g/mol. The highest BCUT2D eigenvalue weighted by atomic mass is 32.1. The van der Waals surface area contributed by atoms with Gasteiger partial charge < -0.3 is 23.5 Å². The zero-order chi connectivity index (χ0) is 22.5. The summed E-state index contributed by atoms with van der Waals surface area (Å²) in [6.07, 6.45) is 0. The number of aromatic nitrogens is 1. The van der Waals surface area contributed by atoms with Crippen molar-refractivity contribution in [1.82, 2.24) is 4.57 Å². The van der Waals surface area contributed by atoms with Crippen molar-refractivity contribution in [1.29, 1.82) is 0 Å². The summed E-state index contributed by atoms with van der Waals surface area (Å²) >= 11 is 1.49. The van der Waals surface area contributed by atoms with Gasteiger partial charge in [-0.25, -0.2) is 0 Å². The number of carbonyl (C=O) groups excluding carboxylic acids is 1. The third kappa shape index (κ3) is 4.75. The van der Waals surface area contributed by atoms with Crippen LogP contribution in [-0.4, -0.2) is 45.0 Å². The average molecular weight is 445 g/mol. The molecule has 0 fully saturated rings. The molecule has 3 rings (SSSR count). The third-order valence-corrected chi connectivity index (χ3v) is 5.91. The molecule has 1 heterocycles. The first-order valence-corrected chi connectivity index (χ1v) is 10.8. The van der Waals surface area contributed by atoms with Gasteiger partial charge in [-0.1, -0.05) is 17.4 Å². The zero-order valence-electron chi connectivity index (χ0n) is 18.8. The van der Waals surface area contributed by atoms with Crippen molar-refractivity contribution < 1.29 is 23.7 Å². The van der Waals surface area contributed by atoms with Crippen LogP contribution in [0.15, 0.2) is 29.3 Å². The summed E-state index contributed by atoms with van der Waals surface area (Å²) in [6.45, 7) is 7.89. The molecule has 2 aromatic carbocycles. The molecule has 1 amide bonds. The normalized spacial score (nSPS) is 11.7. The van der Waals surface area contributed by atoms with Crippen LogP contribution in [0.5, 0.6) is 17.2 Å². The average Bonchev–Trinajstić information content (AvgIpc) is 3.09. The van der Waals surface area contributed by atoms with Gasteiger partial charge in [0.2, 0.25) is 5.75 Å². The van der Waals surface area contributed by atoms with Crippen molar-refractivity contribution in [2.24, 2.45) is 4.99 Å². The Morgan fingerprint density at radius 3 is 2.29 bits per heavy atom. The molecule has 0 aliphatic carbocycles. The molecule has 166 valence electrons. The number of carbonyl (C=O) groups is 1. The van der Waals surface area contributed by atoms with Crippen molar-refractivity contribution in [3.8, 4) is 17.2 Å². The van der Waals surface area contributed by atoms with E-state index < -0.39 is 0 Å². The molecule has 0 bridgehead atoms. The number of thiazole rings is 1. The molecule has 31 heavy (non-hydrogen) atoms. The Balaban J connectivity index is 2.14. The second-order valence-electron chi connectivity index (χ2n) is 6.99. The van der Waals surface area contributed by atoms with Crippen LogP contribution in [0.4, 0.5) is 0 Å². The first kappa shape index (κ1) is 22.8. The molecule has 0 atom stereocenters. The minimum atomic E-state index is -0.384. The summed E-state index contributed by atoms with van der Waals surface area (Å²) in [7, 11) is 4.55. The highest BCUT2D eigenvalue weighted by Gasteiger charge is 2.18. The second kappa shape index (κ2) is 9.98. The maximum Gasteiger partial charge on any atom is 0.279 e. The number of aryl methyl sites for hydroxylation is 2. The second-order valence-corrected chi connectivity index (χ2v) is 8.00. The Morgan fingerprint density at radius 1 is 1.03 bits per heavy atom. The lowest BCUT2D eigenvalue weighted by Crippen LogP contribution is -2.20. The summed E-state index contributed by atoms with van der Waals surface area (Å²) < 4.78 is 24.8. The number of nitrogens with zero attached hydrogens (tertiary/aromatic N) is 2. The Labute approximate surface area is 185 Å². The van der Waals surface area contributed by atoms with Gasteiger partial charge in [0.25, 0.3) is 5.91 Å². The van der Waals surface area contributed by atoms with Crippen molar-refractivity contribution in [3.05, 3.63) is 45.8 Å². The first-order valence-electron chi connectivity index (χ1n) is 10.0. The van der Waals surface area contributed by atoms with E-state index in [9.17, 15) is 4.79 Å². The largest absolute Gasteiger partial charge is 0.493 e. The summed E-state index contributed by atoms with van der Waals surface area (Å²) in [5.41, 5.74) is 3.75. The van der Waals surface area contributed by atoms with Gasteiger partial charge in [-0.15, -0.1) is 0 Å². The molecule has 0 unspecified atom stereocenters. The van der Waals surface area contributed by atoms with Crippen LogP contribution in [-0.2, 0) is 11.3 Å². The Hall–Kier alpha value is -2.84. The summed E-state index contributed by atoms with van der Waals surface area (Å²) in [4.78, 5) is 18.2. The number of hydrogen-bond acceptors (Lipinski definition) is 6. The molecule has 0 N–H and O–H groups in total. The highest BCUT2D eigenvalue weighted by molar-refractivity contribution is 7.16. The SMILES string of the molecule is CCOCCn1c(=NC(=O)c2cc(OC)c(OC)c(OC)c2)sc2cc(C)cc(C)c21. The molecule has 3 aromatic rings. The zero-order valence-corrected chi connectivity index (χ0v) is 19.6. The van der Waals surface area contributed by atoms with E-state index in [0.717, 1.165) is 15.8 Å². The van der Waals surface area contributed by atoms with Gasteiger partial charge in [-0.3, -0.25) is 4.79 Å². The van der Waals surface area contributed by atoms with Crippen molar-refractivity contribution in [3.63, 3.8) is 0 Å². The molecule has 0 aliphatic heterocycles. The summed E-state index contributed by atoms with van der Waals surface area (Å²) in [6, 6.07) is 7.48. The van der Waals surface area contributed by atoms with E-state index in [1.165, 1.54) is 38.2 Å². The fourth-order valence-electron chi connectivity index (χ4n) is 3.54. The van der Waals surface area contributed by atoms with Crippen LogP contribution in [0.1, 0.15) is 28.4 Å². The number of rotatable bonds is 8. The third-order valence-electron chi connectivity index (χ3n) is 4.88. The van der Waals surface area contributed by atoms with Crippen LogP contribution in [0, 0.1) is 13.8 Å². The van der Waals surface area contributed by atoms with E-state index in [-0.39, 0.29) is 5.91 Å². The van der Waals surface area contributed by atoms with E-state index >= 15 is 0 Å². The van der Waals surface area contributed by atoms with E-state index in [0.29, 0.717) is 47.4 Å². The fraction of sp³-hybridized carbons (Fsp3) is 0.391. The van der Waals surface area contributed by atoms with Crippen molar-refractivity contribution in [2.45, 2.75) is 27.3 Å². The van der Waals surface area contributed by atoms with Gasteiger partial charge in [0.15, 0.2) is 16.3 Å². The highest BCUT2D eigenvalue weighted by Crippen LogP contribution is 2.38. The van der Waals surface area contributed by atoms with Crippen LogP contribution >= 0.6 is 11.3 Å². The Kier molecular flexibility index (Phi) is 7.35. The van der Waals surface area contributed by atoms with Gasteiger partial charge in [-0.2, -0.15) is 4.99 Å². The quantitative estimate of drug-likeness (QED) is 0.489. The molecular formula is C23H28N2O5S. The molecule has 0 spiro atoms. The first-order chi connectivity index (χ1) is 14.9. The van der Waals surface area contributed by atoms with Gasteiger partial charge in [0.05, 0.1) is 38.2 Å². The minimum Gasteiger partial charge on any atom is -0.493 e. The van der Waals surface area contributed by atoms with E-state index in [4.69, 9.17) is 18.9 Å². The molecule has 7 nitrogen and oxygen atoms in total. The predicted octanol–water partition coefficient (Wildman–Crippen LogP) is 4.12. The maximum absolute atomic E-state index is 13.1. The molecule has 0 saturated heterocycles. The van der Waals surface area contributed by atoms with Gasteiger partial charge in [0.1, 0.15) is 0 Å². The van der Waals surface area contributed by atoms with Crippen molar-refractivity contribution >= 4 is 27.5 Å². The monoisotopic (exact) mass is 444 g/mol. The van der Waals surface area contributed by atoms with Gasteiger partial charge in [-0.05, 0) is 50.1 Å². The topological polar surface area (TPSA) is 71.3 Å². The van der Waals surface area contributed by atoms with E-state index in [1.54, 1.807) is 12.1 Å². The number of methoxy groups -OCH3 is 3. The van der Waals surface area contributed by atoms with Gasteiger partial charge in [0, 0.05) is 18.7 Å². The maximum atomic E-state index is 13.1. The minimum absolute atomic E-state index is 0.358. The summed E-state index contributed by atoms with van der Waals surface area (Å²) in [5.74, 6) is 0.867. The van der Waals surface area contributed by atoms with E-state index in [1.807, 2.05) is 6.92 Å². The number of hydrogen-bond donors (Lipinski definition) is 0. The molecule has 0 aliphatic rings. The number of fused-ring (bicyclic) bond motifs is 1. The molecule has 0 radical (unpaired) electrons. The fourth-order valence-corrected chi connectivity index (χ4v) is 4.77. The smallest absolute Gasteiger partial charge is 0.279 e. The number of amides is 1. The van der Waals surface area contributed by atoms with E-state index in [2.05, 4.69) is 35.5 Å². The lowest BCUT2D eigenvalue weighted by atomic mass is 10.1. The Bertz CT molecular complexity index is 1140. The van der Waals surface area contributed by atoms with Crippen LogP contribution < -0.4 is 19.0 Å². The molecule has 0 saturated carbocycles.